The van der Waals surface area contributed by atoms with Crippen LogP contribution in [-0.4, -0.2) is 22.5 Å². The minimum absolute atomic E-state index is 0. The lowest BCUT2D eigenvalue weighted by molar-refractivity contribution is 0.0600. The van der Waals surface area contributed by atoms with Crippen molar-refractivity contribution in [2.45, 2.75) is 0 Å². The number of pyridine rings is 1. The molecule has 0 fully saturated rings. The van der Waals surface area contributed by atoms with E-state index >= 15 is 0 Å². The number of rotatable bonds is 1. The van der Waals surface area contributed by atoms with Crippen LogP contribution < -0.4 is 0 Å². The summed E-state index contributed by atoms with van der Waals surface area (Å²) in [6, 6.07) is 3.46. The fourth-order valence-corrected chi connectivity index (χ4v) is 1.16. The van der Waals surface area contributed by atoms with Gasteiger partial charge in [-0.15, -0.1) is 12.4 Å². The van der Waals surface area contributed by atoms with E-state index in [9.17, 15) is 4.79 Å². The maximum absolute atomic E-state index is 11.1. The zero-order valence-electron chi connectivity index (χ0n) is 7.51. The van der Waals surface area contributed by atoms with Crippen molar-refractivity contribution >= 4 is 24.0 Å². The summed E-state index contributed by atoms with van der Waals surface area (Å²) in [5.41, 5.74) is 1.33. The Morgan fingerprint density at radius 1 is 1.50 bits per heavy atom. The smallest absolute Gasteiger partial charge is 0.339 e. The van der Waals surface area contributed by atoms with E-state index in [2.05, 4.69) is 9.72 Å². The van der Waals surface area contributed by atoms with E-state index in [-0.39, 0.29) is 18.4 Å². The van der Waals surface area contributed by atoms with Gasteiger partial charge in [-0.2, -0.15) is 0 Å². The highest BCUT2D eigenvalue weighted by Crippen LogP contribution is 2.05. The van der Waals surface area contributed by atoms with Gasteiger partial charge in [0, 0.05) is 18.6 Å². The predicted octanol–water partition coefficient (Wildman–Crippen LogP) is 1.54. The zero-order chi connectivity index (χ0) is 9.26. The molecule has 0 amide bonds. The first-order valence-corrected chi connectivity index (χ1v) is 3.82. The first kappa shape index (κ1) is 10.5. The summed E-state index contributed by atoms with van der Waals surface area (Å²) in [4.78, 5) is 15.2. The summed E-state index contributed by atoms with van der Waals surface area (Å²) in [6.07, 6.45) is 5.15. The highest BCUT2D eigenvalue weighted by atomic mass is 35.5. The molecule has 2 aromatic rings. The standard InChI is InChI=1S/C9H8N2O2.ClH/c1-13-9(12)7-2-3-8-10-4-5-11(8)6-7;/h2-6H,1H3;1H. The van der Waals surface area contributed by atoms with Crippen molar-refractivity contribution in [2.24, 2.45) is 0 Å². The van der Waals surface area contributed by atoms with Crippen LogP contribution in [0.3, 0.4) is 0 Å². The van der Waals surface area contributed by atoms with Crippen molar-refractivity contribution in [2.75, 3.05) is 7.11 Å². The Balaban J connectivity index is 0.000000980. The molecule has 4 nitrogen and oxygen atoms in total. The Bertz CT molecular complexity index is 453. The summed E-state index contributed by atoms with van der Waals surface area (Å²) in [5, 5.41) is 0. The number of carbonyl (C=O) groups is 1. The summed E-state index contributed by atoms with van der Waals surface area (Å²) in [7, 11) is 1.36. The molecular formula is C9H9ClN2O2. The Morgan fingerprint density at radius 3 is 3.00 bits per heavy atom. The molecule has 14 heavy (non-hydrogen) atoms. The molecule has 0 aliphatic rings. The summed E-state index contributed by atoms with van der Waals surface area (Å²) >= 11 is 0. The maximum Gasteiger partial charge on any atom is 0.339 e. The van der Waals surface area contributed by atoms with E-state index in [0.29, 0.717) is 5.56 Å². The van der Waals surface area contributed by atoms with Crippen molar-refractivity contribution in [1.29, 1.82) is 0 Å². The maximum atomic E-state index is 11.1. The molecule has 0 bridgehead atoms. The SMILES string of the molecule is COC(=O)c1ccc2nccn2c1.Cl. The molecule has 0 N–H and O–H groups in total. The second-order valence-corrected chi connectivity index (χ2v) is 2.60. The summed E-state index contributed by atoms with van der Waals surface area (Å²) in [5.74, 6) is -0.337. The van der Waals surface area contributed by atoms with Crippen molar-refractivity contribution < 1.29 is 9.53 Å². The molecule has 0 saturated heterocycles. The second kappa shape index (κ2) is 4.11. The van der Waals surface area contributed by atoms with Crippen LogP contribution in [-0.2, 0) is 4.74 Å². The Hall–Kier alpha value is -1.55. The van der Waals surface area contributed by atoms with Crippen LogP contribution in [0.2, 0.25) is 0 Å². The number of ether oxygens (including phenoxy) is 1. The molecule has 0 saturated carbocycles. The molecule has 0 atom stereocenters. The van der Waals surface area contributed by atoms with Crippen molar-refractivity contribution in [3.05, 3.63) is 36.3 Å². The Morgan fingerprint density at radius 2 is 2.29 bits per heavy atom. The van der Waals surface area contributed by atoms with Gasteiger partial charge in [0.15, 0.2) is 0 Å². The van der Waals surface area contributed by atoms with Crippen LogP contribution in [0.15, 0.2) is 30.7 Å². The number of methoxy groups -OCH3 is 1. The van der Waals surface area contributed by atoms with Gasteiger partial charge >= 0.3 is 5.97 Å². The van der Waals surface area contributed by atoms with Crippen LogP contribution in [0.4, 0.5) is 0 Å². The number of aromatic nitrogens is 2. The van der Waals surface area contributed by atoms with Gasteiger partial charge in [-0.05, 0) is 12.1 Å². The fraction of sp³-hybridized carbons (Fsp3) is 0.111. The fourth-order valence-electron chi connectivity index (χ4n) is 1.16. The first-order chi connectivity index (χ1) is 6.31. The highest BCUT2D eigenvalue weighted by Gasteiger charge is 2.05. The van der Waals surface area contributed by atoms with E-state index in [1.807, 2.05) is 0 Å². The van der Waals surface area contributed by atoms with Crippen LogP contribution in [0.25, 0.3) is 5.65 Å². The van der Waals surface area contributed by atoms with Gasteiger partial charge in [0.2, 0.25) is 0 Å². The molecule has 0 radical (unpaired) electrons. The molecule has 0 aliphatic carbocycles. The van der Waals surface area contributed by atoms with Gasteiger partial charge in [0.1, 0.15) is 5.65 Å². The monoisotopic (exact) mass is 212 g/mol. The Kier molecular flexibility index (Phi) is 3.09. The first-order valence-electron chi connectivity index (χ1n) is 3.82. The van der Waals surface area contributed by atoms with Crippen LogP contribution >= 0.6 is 12.4 Å². The third-order valence-corrected chi connectivity index (χ3v) is 1.81. The normalized spacial score (nSPS) is 9.50. The van der Waals surface area contributed by atoms with E-state index in [4.69, 9.17) is 0 Å². The number of hydrogen-bond acceptors (Lipinski definition) is 3. The third kappa shape index (κ3) is 1.70. The Labute approximate surface area is 86.9 Å². The molecule has 2 aromatic heterocycles. The van der Waals surface area contributed by atoms with Crippen LogP contribution in [0.5, 0.6) is 0 Å². The zero-order valence-corrected chi connectivity index (χ0v) is 8.32. The van der Waals surface area contributed by atoms with Gasteiger partial charge in [-0.1, -0.05) is 0 Å². The molecule has 5 heteroatoms. The minimum atomic E-state index is -0.337. The quantitative estimate of drug-likeness (QED) is 0.674. The highest BCUT2D eigenvalue weighted by molar-refractivity contribution is 5.89. The molecule has 2 heterocycles. The van der Waals surface area contributed by atoms with Gasteiger partial charge < -0.3 is 9.14 Å². The molecule has 2 rings (SSSR count). The van der Waals surface area contributed by atoms with Crippen LogP contribution in [0.1, 0.15) is 10.4 Å². The van der Waals surface area contributed by atoms with Gasteiger partial charge in [0.05, 0.1) is 12.7 Å². The van der Waals surface area contributed by atoms with E-state index in [1.54, 1.807) is 35.1 Å². The molecule has 0 unspecified atom stereocenters. The lowest BCUT2D eigenvalue weighted by atomic mass is 10.3. The van der Waals surface area contributed by atoms with Gasteiger partial charge in [-0.25, -0.2) is 9.78 Å². The number of carbonyl (C=O) groups excluding carboxylic acids is 1. The van der Waals surface area contributed by atoms with Crippen molar-refractivity contribution in [1.82, 2.24) is 9.38 Å². The number of esters is 1. The second-order valence-electron chi connectivity index (χ2n) is 2.60. The predicted molar refractivity (Wildman–Crippen MR) is 53.8 cm³/mol. The summed E-state index contributed by atoms with van der Waals surface area (Å²) < 4.78 is 6.36. The lowest BCUT2D eigenvalue weighted by Crippen LogP contribution is -2.02. The topological polar surface area (TPSA) is 43.6 Å². The van der Waals surface area contributed by atoms with E-state index in [0.717, 1.165) is 5.65 Å². The third-order valence-electron chi connectivity index (χ3n) is 1.81. The summed E-state index contributed by atoms with van der Waals surface area (Å²) in [6.45, 7) is 0. The number of halogens is 1. The lowest BCUT2D eigenvalue weighted by Gasteiger charge is -1.99. The number of hydrogen-bond donors (Lipinski definition) is 0. The van der Waals surface area contributed by atoms with Crippen molar-refractivity contribution in [3.8, 4) is 0 Å². The molecular weight excluding hydrogens is 204 g/mol. The number of fused-ring (bicyclic) bond motifs is 1. The van der Waals surface area contributed by atoms with Gasteiger partial charge in [-0.3, -0.25) is 0 Å². The average Bonchev–Trinajstić information content (AvgIpc) is 2.63. The van der Waals surface area contributed by atoms with E-state index < -0.39 is 0 Å². The van der Waals surface area contributed by atoms with Gasteiger partial charge in [0.25, 0.3) is 0 Å². The molecule has 74 valence electrons. The van der Waals surface area contributed by atoms with Crippen molar-refractivity contribution in [3.63, 3.8) is 0 Å². The minimum Gasteiger partial charge on any atom is -0.465 e. The van der Waals surface area contributed by atoms with Crippen LogP contribution in [0, 0.1) is 0 Å². The molecule has 0 aliphatic heterocycles. The molecule has 0 aromatic carbocycles. The number of nitrogens with zero attached hydrogens (tertiary/aromatic N) is 2. The number of imidazole rings is 1. The van der Waals surface area contributed by atoms with E-state index in [1.165, 1.54) is 7.11 Å². The molecule has 0 spiro atoms. The average molecular weight is 213 g/mol. The largest absolute Gasteiger partial charge is 0.465 e.